The third-order valence-electron chi connectivity index (χ3n) is 2.63. The van der Waals surface area contributed by atoms with E-state index in [0.717, 1.165) is 18.5 Å². The fourth-order valence-electron chi connectivity index (χ4n) is 1.69. The molecule has 0 aliphatic heterocycles. The zero-order valence-corrected chi connectivity index (χ0v) is 10.5. The summed E-state index contributed by atoms with van der Waals surface area (Å²) >= 11 is 0. The maximum absolute atomic E-state index is 11.8. The number of para-hydroxylation sites is 2. The highest BCUT2D eigenvalue weighted by Crippen LogP contribution is 2.18. The molecule has 0 saturated carbocycles. The lowest BCUT2D eigenvalue weighted by molar-refractivity contribution is -0.116. The highest BCUT2D eigenvalue weighted by atomic mass is 16.1. The average molecular weight is 260 g/mol. The number of carbonyl (C=O) groups excluding carboxylic acids is 1. The number of benzene rings is 1. The predicted octanol–water partition coefficient (Wildman–Crippen LogP) is 0.730. The van der Waals surface area contributed by atoms with Gasteiger partial charge in [-0.3, -0.25) is 4.79 Å². The molecule has 0 spiro atoms. The number of nitrogens with two attached hydrogens (primary N) is 1. The van der Waals surface area contributed by atoms with Crippen molar-refractivity contribution in [1.82, 2.24) is 20.2 Å². The number of carbonyl (C=O) groups is 1. The van der Waals surface area contributed by atoms with Crippen molar-refractivity contribution in [2.24, 2.45) is 5.73 Å². The third kappa shape index (κ3) is 3.59. The van der Waals surface area contributed by atoms with Crippen molar-refractivity contribution in [1.29, 1.82) is 0 Å². The van der Waals surface area contributed by atoms with Crippen molar-refractivity contribution >= 4 is 11.6 Å². The predicted molar refractivity (Wildman–Crippen MR) is 70.7 cm³/mol. The quantitative estimate of drug-likeness (QED) is 0.746. The van der Waals surface area contributed by atoms with E-state index in [1.165, 1.54) is 11.0 Å². The van der Waals surface area contributed by atoms with E-state index < -0.39 is 0 Å². The topological polar surface area (TPSA) is 98.7 Å². The minimum atomic E-state index is -0.0334. The molecule has 2 aromatic rings. The second-order valence-electron chi connectivity index (χ2n) is 4.07. The molecule has 0 aliphatic carbocycles. The third-order valence-corrected chi connectivity index (χ3v) is 2.63. The second kappa shape index (κ2) is 6.60. The fraction of sp³-hybridized carbons (Fsp3) is 0.333. The van der Waals surface area contributed by atoms with Crippen molar-refractivity contribution < 1.29 is 4.79 Å². The summed E-state index contributed by atoms with van der Waals surface area (Å²) < 4.78 is 1.51. The first-order chi connectivity index (χ1) is 9.31. The number of nitrogens with one attached hydrogen (secondary N) is 1. The molecule has 2 rings (SSSR count). The number of tetrazole rings is 1. The van der Waals surface area contributed by atoms with Crippen LogP contribution in [0, 0.1) is 0 Å². The summed E-state index contributed by atoms with van der Waals surface area (Å²) in [6.07, 6.45) is 3.58. The van der Waals surface area contributed by atoms with E-state index >= 15 is 0 Å². The summed E-state index contributed by atoms with van der Waals surface area (Å²) in [7, 11) is 0. The number of nitrogens with zero attached hydrogens (tertiary/aromatic N) is 4. The molecule has 7 nitrogen and oxygen atoms in total. The Morgan fingerprint density at radius 2 is 2.16 bits per heavy atom. The molecule has 1 amide bonds. The van der Waals surface area contributed by atoms with Crippen LogP contribution in [-0.4, -0.2) is 32.7 Å². The Kier molecular flexibility index (Phi) is 4.57. The van der Waals surface area contributed by atoms with E-state index in [1.807, 2.05) is 24.3 Å². The molecule has 19 heavy (non-hydrogen) atoms. The van der Waals surface area contributed by atoms with Gasteiger partial charge in [-0.2, -0.15) is 4.68 Å². The van der Waals surface area contributed by atoms with Gasteiger partial charge in [0.1, 0.15) is 6.33 Å². The number of rotatable bonds is 6. The highest BCUT2D eigenvalue weighted by molar-refractivity contribution is 5.92. The van der Waals surface area contributed by atoms with Crippen molar-refractivity contribution in [3.05, 3.63) is 30.6 Å². The number of unbranched alkanes of at least 4 members (excludes halogenated alkanes) is 1. The van der Waals surface area contributed by atoms with E-state index in [4.69, 9.17) is 5.73 Å². The van der Waals surface area contributed by atoms with Gasteiger partial charge < -0.3 is 11.1 Å². The van der Waals surface area contributed by atoms with Gasteiger partial charge in [-0.25, -0.2) is 0 Å². The maximum atomic E-state index is 11.8. The number of hydrogen-bond acceptors (Lipinski definition) is 5. The van der Waals surface area contributed by atoms with Crippen LogP contribution in [0.1, 0.15) is 19.3 Å². The van der Waals surface area contributed by atoms with E-state index in [-0.39, 0.29) is 5.91 Å². The number of anilines is 1. The minimum absolute atomic E-state index is 0.0334. The van der Waals surface area contributed by atoms with Crippen LogP contribution < -0.4 is 11.1 Å². The van der Waals surface area contributed by atoms with Gasteiger partial charge >= 0.3 is 0 Å². The highest BCUT2D eigenvalue weighted by Gasteiger charge is 2.08. The zero-order valence-electron chi connectivity index (χ0n) is 10.5. The lowest BCUT2D eigenvalue weighted by atomic mass is 10.2. The molecule has 0 saturated heterocycles. The first-order valence-electron chi connectivity index (χ1n) is 6.13. The molecule has 0 aliphatic rings. The molecule has 100 valence electrons. The summed E-state index contributed by atoms with van der Waals surface area (Å²) in [4.78, 5) is 11.8. The van der Waals surface area contributed by atoms with E-state index in [1.54, 1.807) is 0 Å². The van der Waals surface area contributed by atoms with Crippen molar-refractivity contribution in [3.8, 4) is 5.69 Å². The molecule has 3 N–H and O–H groups in total. The molecule has 0 atom stereocenters. The average Bonchev–Trinajstić information content (AvgIpc) is 2.93. The molecule has 0 fully saturated rings. The largest absolute Gasteiger partial charge is 0.330 e. The first-order valence-corrected chi connectivity index (χ1v) is 6.13. The molecule has 0 bridgehead atoms. The Bertz CT molecular complexity index is 525. The molecule has 1 heterocycles. The fourth-order valence-corrected chi connectivity index (χ4v) is 1.69. The SMILES string of the molecule is NCCCCC(=O)Nc1ccccc1-n1cnnn1. The van der Waals surface area contributed by atoms with Gasteiger partial charge in [-0.15, -0.1) is 5.10 Å². The van der Waals surface area contributed by atoms with E-state index in [2.05, 4.69) is 20.8 Å². The Morgan fingerprint density at radius 3 is 2.89 bits per heavy atom. The van der Waals surface area contributed by atoms with Gasteiger partial charge in [0.25, 0.3) is 0 Å². The van der Waals surface area contributed by atoms with Crippen molar-refractivity contribution in [2.45, 2.75) is 19.3 Å². The smallest absolute Gasteiger partial charge is 0.224 e. The lowest BCUT2D eigenvalue weighted by Crippen LogP contribution is -2.14. The maximum Gasteiger partial charge on any atom is 0.224 e. The van der Waals surface area contributed by atoms with Crippen molar-refractivity contribution in [2.75, 3.05) is 11.9 Å². The zero-order chi connectivity index (χ0) is 13.5. The van der Waals surface area contributed by atoms with Gasteiger partial charge in [0.15, 0.2) is 0 Å². The van der Waals surface area contributed by atoms with Crippen LogP contribution in [0.3, 0.4) is 0 Å². The monoisotopic (exact) mass is 260 g/mol. The minimum Gasteiger partial charge on any atom is -0.330 e. The first kappa shape index (κ1) is 13.2. The summed E-state index contributed by atoms with van der Waals surface area (Å²) in [6, 6.07) is 7.37. The van der Waals surface area contributed by atoms with Gasteiger partial charge in [0.05, 0.1) is 11.4 Å². The number of aromatic nitrogens is 4. The summed E-state index contributed by atoms with van der Waals surface area (Å²) in [5, 5.41) is 13.8. The summed E-state index contributed by atoms with van der Waals surface area (Å²) in [5.41, 5.74) is 6.82. The summed E-state index contributed by atoms with van der Waals surface area (Å²) in [5.74, 6) is -0.0334. The Morgan fingerprint density at radius 1 is 1.32 bits per heavy atom. The van der Waals surface area contributed by atoms with Crippen LogP contribution in [0.2, 0.25) is 0 Å². The standard InChI is InChI=1S/C12H16N6O/c13-8-4-3-7-12(19)15-10-5-1-2-6-11(10)18-9-14-16-17-18/h1-2,5-6,9H,3-4,7-8,13H2,(H,15,19). The summed E-state index contributed by atoms with van der Waals surface area (Å²) in [6.45, 7) is 0.606. The van der Waals surface area contributed by atoms with Crippen LogP contribution in [0.15, 0.2) is 30.6 Å². The van der Waals surface area contributed by atoms with Crippen LogP contribution in [-0.2, 0) is 4.79 Å². The molecule has 0 radical (unpaired) electrons. The van der Waals surface area contributed by atoms with Gasteiger partial charge in [-0.05, 0) is 41.9 Å². The second-order valence-corrected chi connectivity index (χ2v) is 4.07. The van der Waals surface area contributed by atoms with Crippen LogP contribution in [0.25, 0.3) is 5.69 Å². The van der Waals surface area contributed by atoms with Crippen LogP contribution in [0.5, 0.6) is 0 Å². The van der Waals surface area contributed by atoms with Crippen LogP contribution >= 0.6 is 0 Å². The molecular weight excluding hydrogens is 244 g/mol. The van der Waals surface area contributed by atoms with Crippen molar-refractivity contribution in [3.63, 3.8) is 0 Å². The Hall–Kier alpha value is -2.28. The van der Waals surface area contributed by atoms with E-state index in [9.17, 15) is 4.79 Å². The molecule has 1 aromatic heterocycles. The number of hydrogen-bond donors (Lipinski definition) is 2. The molecule has 7 heteroatoms. The van der Waals surface area contributed by atoms with E-state index in [0.29, 0.717) is 18.7 Å². The van der Waals surface area contributed by atoms with Gasteiger partial charge in [-0.1, -0.05) is 12.1 Å². The van der Waals surface area contributed by atoms with Crippen LogP contribution in [0.4, 0.5) is 5.69 Å². The Labute approximate surface area is 110 Å². The lowest BCUT2D eigenvalue weighted by Gasteiger charge is -2.09. The molecular formula is C12H16N6O. The van der Waals surface area contributed by atoms with Gasteiger partial charge in [0, 0.05) is 6.42 Å². The Balaban J connectivity index is 2.06. The van der Waals surface area contributed by atoms with Gasteiger partial charge in [0.2, 0.25) is 5.91 Å². The molecule has 0 unspecified atom stereocenters. The molecule has 1 aromatic carbocycles. The number of amides is 1. The normalized spacial score (nSPS) is 10.4.